The lowest BCUT2D eigenvalue weighted by Crippen LogP contribution is -2.18. The Morgan fingerprint density at radius 3 is 1.97 bits per heavy atom. The molecule has 1 aromatic carbocycles. The van der Waals surface area contributed by atoms with E-state index in [9.17, 15) is 39.5 Å². The van der Waals surface area contributed by atoms with Crippen LogP contribution < -0.4 is 5.32 Å². The van der Waals surface area contributed by atoms with Gasteiger partial charge in [-0.25, -0.2) is 14.6 Å². The lowest BCUT2D eigenvalue weighted by atomic mass is 10.2. The van der Waals surface area contributed by atoms with E-state index in [1.54, 1.807) is 6.92 Å². The van der Waals surface area contributed by atoms with Gasteiger partial charge in [-0.05, 0) is 25.5 Å². The van der Waals surface area contributed by atoms with E-state index in [0.29, 0.717) is 22.4 Å². The first-order valence-corrected chi connectivity index (χ1v) is 10.1. The number of nitrogens with zero attached hydrogens (tertiary/aromatic N) is 4. The number of anilines is 1. The second-order valence-corrected chi connectivity index (χ2v) is 8.08. The number of aromatic nitrogens is 4. The Labute approximate surface area is 200 Å². The molecule has 2 heterocycles. The van der Waals surface area contributed by atoms with Crippen LogP contribution in [0, 0.1) is 0 Å². The third-order valence-corrected chi connectivity index (χ3v) is 5.03. The van der Waals surface area contributed by atoms with Gasteiger partial charge in [-0.15, -0.1) is 11.7 Å². The summed E-state index contributed by atoms with van der Waals surface area (Å²) in [4.78, 5) is 5.75. The summed E-state index contributed by atoms with van der Waals surface area (Å²) in [5, 5.41) is 3.92. The normalized spacial score (nSPS) is 12.9. The van der Waals surface area contributed by atoms with Gasteiger partial charge in [-0.1, -0.05) is 28.8 Å². The molecule has 16 heteroatoms. The Hall–Kier alpha value is -2.74. The van der Waals surface area contributed by atoms with Crippen LogP contribution in [0.25, 0.3) is 16.7 Å². The van der Waals surface area contributed by atoms with Crippen molar-refractivity contribution in [1.29, 1.82) is 0 Å². The molecule has 0 saturated carbocycles. The Bertz CT molecular complexity index is 1270. The number of fused-ring (bicyclic) bond motifs is 1. The van der Waals surface area contributed by atoms with Crippen molar-refractivity contribution in [3.05, 3.63) is 51.4 Å². The fraction of sp³-hybridized carbons (Fsp3) is 0.316. The molecule has 0 aliphatic rings. The second kappa shape index (κ2) is 9.04. The van der Waals surface area contributed by atoms with Gasteiger partial charge in [-0.3, -0.25) is 0 Å². The molecule has 1 N–H and O–H groups in total. The maximum Gasteiger partial charge on any atom is 0.451 e. The Morgan fingerprint density at radius 1 is 0.943 bits per heavy atom. The molecule has 35 heavy (non-hydrogen) atoms. The molecule has 5 nitrogen and oxygen atoms in total. The van der Waals surface area contributed by atoms with E-state index in [4.69, 9.17) is 23.2 Å². The molecule has 0 aliphatic heterocycles. The van der Waals surface area contributed by atoms with Crippen LogP contribution in [0.3, 0.4) is 0 Å². The van der Waals surface area contributed by atoms with E-state index in [1.165, 1.54) is 0 Å². The first-order valence-electron chi connectivity index (χ1n) is 9.31. The minimum Gasteiger partial charge on any atom is -0.369 e. The lowest BCUT2D eigenvalue weighted by Gasteiger charge is -2.16. The minimum atomic E-state index is -5.38. The number of hydrogen-bond acceptors (Lipinski definition) is 4. The zero-order chi connectivity index (χ0) is 26.5. The van der Waals surface area contributed by atoms with Crippen molar-refractivity contribution in [3.8, 4) is 5.69 Å². The van der Waals surface area contributed by atoms with Crippen LogP contribution in [0.5, 0.6) is 0 Å². The molecular weight excluding hydrogens is 540 g/mol. The number of hydrogen-bond donors (Lipinski definition) is 1. The van der Waals surface area contributed by atoms with Crippen molar-refractivity contribution in [2.24, 2.45) is 0 Å². The molecule has 0 spiro atoms. The van der Waals surface area contributed by atoms with E-state index < -0.39 is 68.2 Å². The third kappa shape index (κ3) is 5.58. The SMILES string of the molecule is C=C(C)CCNc1c2c(C(F)(F)F)nc(C(F)(F)F)nc2nn1-c1c(Cl)cc(C(F)(F)F)cc1Cl. The van der Waals surface area contributed by atoms with Crippen LogP contribution in [0.1, 0.15) is 30.4 Å². The average molecular weight is 552 g/mol. The molecule has 0 amide bonds. The largest absolute Gasteiger partial charge is 0.451 e. The van der Waals surface area contributed by atoms with Gasteiger partial charge in [0.2, 0.25) is 5.82 Å². The average Bonchev–Trinajstić information content (AvgIpc) is 3.02. The van der Waals surface area contributed by atoms with Crippen LogP contribution >= 0.6 is 23.2 Å². The second-order valence-electron chi connectivity index (χ2n) is 7.27. The standard InChI is InChI=1S/C19H12Cl2F9N5/c1-7(2)3-4-31-15-11-13(18(25,26)27)32-16(19(28,29)30)33-14(11)34-35(15)12-9(20)5-8(6-10(12)21)17(22,23)24/h5-6,31H,1,3-4H2,2H3. The van der Waals surface area contributed by atoms with Gasteiger partial charge in [-0.2, -0.15) is 39.5 Å². The van der Waals surface area contributed by atoms with E-state index in [1.807, 2.05) is 0 Å². The smallest absolute Gasteiger partial charge is 0.369 e. The topological polar surface area (TPSA) is 55.6 Å². The molecule has 0 bridgehead atoms. The summed E-state index contributed by atoms with van der Waals surface area (Å²) in [5.41, 5.74) is -4.17. The van der Waals surface area contributed by atoms with Crippen LogP contribution in [0.15, 0.2) is 24.3 Å². The van der Waals surface area contributed by atoms with Gasteiger partial charge in [0.05, 0.1) is 21.0 Å². The highest BCUT2D eigenvalue weighted by molar-refractivity contribution is 6.38. The van der Waals surface area contributed by atoms with Gasteiger partial charge >= 0.3 is 18.5 Å². The quantitative estimate of drug-likeness (QED) is 0.262. The maximum absolute atomic E-state index is 13.8. The monoisotopic (exact) mass is 551 g/mol. The Morgan fingerprint density at radius 2 is 1.51 bits per heavy atom. The first kappa shape index (κ1) is 26.9. The summed E-state index contributed by atoms with van der Waals surface area (Å²) >= 11 is 11.9. The molecule has 0 unspecified atom stereocenters. The summed E-state index contributed by atoms with van der Waals surface area (Å²) in [7, 11) is 0. The van der Waals surface area contributed by atoms with Gasteiger partial charge in [0.15, 0.2) is 11.3 Å². The molecule has 0 fully saturated rings. The summed E-state index contributed by atoms with van der Waals surface area (Å²) in [5.74, 6) is -2.69. The van der Waals surface area contributed by atoms with Crippen molar-refractivity contribution < 1.29 is 39.5 Å². The van der Waals surface area contributed by atoms with Crippen LogP contribution in [0.2, 0.25) is 10.0 Å². The zero-order valence-electron chi connectivity index (χ0n) is 17.2. The molecule has 2 aromatic heterocycles. The van der Waals surface area contributed by atoms with Gasteiger partial charge in [0.1, 0.15) is 11.5 Å². The van der Waals surface area contributed by atoms with Crippen LogP contribution in [-0.2, 0) is 18.5 Å². The number of alkyl halides is 9. The maximum atomic E-state index is 13.8. The fourth-order valence-corrected chi connectivity index (χ4v) is 3.62. The summed E-state index contributed by atoms with van der Waals surface area (Å²) < 4.78 is 121. The molecule has 0 radical (unpaired) electrons. The molecule has 0 aliphatic carbocycles. The number of rotatable bonds is 5. The van der Waals surface area contributed by atoms with Gasteiger partial charge in [0, 0.05) is 6.54 Å². The molecular formula is C19H12Cl2F9N5. The predicted molar refractivity (Wildman–Crippen MR) is 110 cm³/mol. The summed E-state index contributed by atoms with van der Waals surface area (Å²) in [6, 6.07) is 0.897. The zero-order valence-corrected chi connectivity index (χ0v) is 18.7. The molecule has 3 aromatic rings. The summed E-state index contributed by atoms with van der Waals surface area (Å²) in [6.07, 6.45) is -15.4. The van der Waals surface area contributed by atoms with E-state index >= 15 is 0 Å². The van der Waals surface area contributed by atoms with Crippen molar-refractivity contribution in [1.82, 2.24) is 19.7 Å². The highest BCUT2D eigenvalue weighted by atomic mass is 35.5. The van der Waals surface area contributed by atoms with Crippen LogP contribution in [0.4, 0.5) is 45.3 Å². The van der Waals surface area contributed by atoms with Crippen molar-refractivity contribution >= 4 is 40.1 Å². The highest BCUT2D eigenvalue weighted by Gasteiger charge is 2.43. The molecule has 190 valence electrons. The lowest BCUT2D eigenvalue weighted by molar-refractivity contribution is -0.151. The van der Waals surface area contributed by atoms with Gasteiger partial charge < -0.3 is 5.32 Å². The Balaban J connectivity index is 2.40. The fourth-order valence-electron chi connectivity index (χ4n) is 2.97. The minimum absolute atomic E-state index is 0.0790. The van der Waals surface area contributed by atoms with E-state index in [-0.39, 0.29) is 13.0 Å². The van der Waals surface area contributed by atoms with Crippen molar-refractivity contribution in [3.63, 3.8) is 0 Å². The first-order chi connectivity index (χ1) is 15.9. The van der Waals surface area contributed by atoms with Crippen molar-refractivity contribution in [2.75, 3.05) is 11.9 Å². The number of nitrogens with one attached hydrogen (secondary N) is 1. The van der Waals surface area contributed by atoms with E-state index in [0.717, 1.165) is 0 Å². The summed E-state index contributed by atoms with van der Waals surface area (Å²) in [6.45, 7) is 5.16. The van der Waals surface area contributed by atoms with Gasteiger partial charge in [0.25, 0.3) is 0 Å². The molecule has 3 rings (SSSR count). The number of halogens is 11. The highest BCUT2D eigenvalue weighted by Crippen LogP contribution is 2.43. The predicted octanol–water partition coefficient (Wildman–Crippen LogP) is 7.56. The number of benzene rings is 1. The Kier molecular flexibility index (Phi) is 6.94. The van der Waals surface area contributed by atoms with Crippen molar-refractivity contribution in [2.45, 2.75) is 31.9 Å². The van der Waals surface area contributed by atoms with E-state index in [2.05, 4.69) is 27.0 Å². The molecule has 0 atom stereocenters. The molecule has 0 saturated heterocycles. The van der Waals surface area contributed by atoms with Crippen LogP contribution in [-0.4, -0.2) is 26.3 Å². The third-order valence-electron chi connectivity index (χ3n) is 4.46.